The zero-order valence-corrected chi connectivity index (χ0v) is 11.9. The first kappa shape index (κ1) is 14.1. The van der Waals surface area contributed by atoms with Gasteiger partial charge in [0.15, 0.2) is 0 Å². The Balaban J connectivity index is 2.17. The van der Waals surface area contributed by atoms with Crippen LogP contribution in [-0.2, 0) is 11.2 Å². The van der Waals surface area contributed by atoms with Gasteiger partial charge in [-0.15, -0.1) is 0 Å². The number of hydrogen-bond donors (Lipinski definition) is 1. The summed E-state index contributed by atoms with van der Waals surface area (Å²) in [5, 5.41) is 0. The van der Waals surface area contributed by atoms with Gasteiger partial charge in [-0.25, -0.2) is 0 Å². The van der Waals surface area contributed by atoms with E-state index in [4.69, 9.17) is 5.73 Å². The number of hydrogen-bond acceptors (Lipinski definition) is 2. The Morgan fingerprint density at radius 1 is 1.32 bits per heavy atom. The Morgan fingerprint density at radius 2 is 2.05 bits per heavy atom. The summed E-state index contributed by atoms with van der Waals surface area (Å²) < 4.78 is 0. The van der Waals surface area contributed by atoms with Crippen molar-refractivity contribution >= 4 is 11.6 Å². The molecule has 0 fully saturated rings. The number of amides is 1. The third kappa shape index (κ3) is 3.35. The predicted octanol–water partition coefficient (Wildman–Crippen LogP) is 2.73. The van der Waals surface area contributed by atoms with E-state index < -0.39 is 0 Å². The van der Waals surface area contributed by atoms with Crippen molar-refractivity contribution in [1.29, 1.82) is 0 Å². The van der Waals surface area contributed by atoms with Crippen LogP contribution in [0.5, 0.6) is 0 Å². The summed E-state index contributed by atoms with van der Waals surface area (Å²) in [6, 6.07) is 8.19. The van der Waals surface area contributed by atoms with Crippen molar-refractivity contribution in [3.05, 3.63) is 29.8 Å². The van der Waals surface area contributed by atoms with E-state index in [1.807, 2.05) is 17.0 Å². The number of nitrogens with zero attached hydrogens (tertiary/aromatic N) is 1. The van der Waals surface area contributed by atoms with E-state index in [-0.39, 0.29) is 11.9 Å². The van der Waals surface area contributed by atoms with E-state index in [1.54, 1.807) is 0 Å². The van der Waals surface area contributed by atoms with Crippen molar-refractivity contribution in [2.75, 3.05) is 11.4 Å². The minimum Gasteiger partial charge on any atom is -0.327 e. The average Bonchev–Trinajstić information content (AvgIpc) is 2.60. The Hall–Kier alpha value is -1.35. The molecule has 1 heterocycles. The maximum atomic E-state index is 12.5. The highest BCUT2D eigenvalue weighted by Crippen LogP contribution is 2.26. The van der Waals surface area contributed by atoms with Crippen LogP contribution < -0.4 is 10.6 Å². The van der Waals surface area contributed by atoms with Gasteiger partial charge in [0.05, 0.1) is 0 Å². The second kappa shape index (κ2) is 6.20. The van der Waals surface area contributed by atoms with Gasteiger partial charge in [-0.2, -0.15) is 0 Å². The van der Waals surface area contributed by atoms with Crippen molar-refractivity contribution in [1.82, 2.24) is 0 Å². The molecule has 1 aliphatic heterocycles. The van der Waals surface area contributed by atoms with Crippen LogP contribution in [0.2, 0.25) is 0 Å². The van der Waals surface area contributed by atoms with Gasteiger partial charge in [-0.05, 0) is 36.8 Å². The normalized spacial score (nSPS) is 16.9. The molecule has 19 heavy (non-hydrogen) atoms. The maximum Gasteiger partial charge on any atom is 0.228 e. The second-order valence-corrected chi connectivity index (χ2v) is 5.74. The van der Waals surface area contributed by atoms with Gasteiger partial charge >= 0.3 is 0 Å². The summed E-state index contributed by atoms with van der Waals surface area (Å²) in [4.78, 5) is 14.4. The van der Waals surface area contributed by atoms with E-state index in [9.17, 15) is 4.79 Å². The SMILES string of the molecule is CC(C)C(N)CC(=O)N1CCCCc2ccccc21. The zero-order valence-electron chi connectivity index (χ0n) is 11.9. The van der Waals surface area contributed by atoms with Crippen molar-refractivity contribution in [2.24, 2.45) is 11.7 Å². The molecule has 0 aromatic heterocycles. The fourth-order valence-corrected chi connectivity index (χ4v) is 2.50. The van der Waals surface area contributed by atoms with Crippen LogP contribution >= 0.6 is 0 Å². The minimum absolute atomic E-state index is 0.0529. The molecule has 104 valence electrons. The monoisotopic (exact) mass is 260 g/mol. The molecule has 0 saturated carbocycles. The smallest absolute Gasteiger partial charge is 0.228 e. The third-order valence-corrected chi connectivity index (χ3v) is 3.93. The lowest BCUT2D eigenvalue weighted by Gasteiger charge is -2.25. The second-order valence-electron chi connectivity index (χ2n) is 5.74. The van der Waals surface area contributed by atoms with Gasteiger partial charge in [0.1, 0.15) is 0 Å². The number of aryl methyl sites for hydroxylation is 1. The van der Waals surface area contributed by atoms with E-state index >= 15 is 0 Å². The van der Waals surface area contributed by atoms with Crippen molar-refractivity contribution in [3.63, 3.8) is 0 Å². The van der Waals surface area contributed by atoms with Gasteiger partial charge in [0.25, 0.3) is 0 Å². The summed E-state index contributed by atoms with van der Waals surface area (Å²) >= 11 is 0. The molecule has 2 N–H and O–H groups in total. The summed E-state index contributed by atoms with van der Waals surface area (Å²) in [5.41, 5.74) is 8.40. The Morgan fingerprint density at radius 3 is 2.79 bits per heavy atom. The van der Waals surface area contributed by atoms with Gasteiger partial charge in [-0.3, -0.25) is 4.79 Å². The number of rotatable bonds is 3. The van der Waals surface area contributed by atoms with Gasteiger partial charge in [0.2, 0.25) is 5.91 Å². The third-order valence-electron chi connectivity index (χ3n) is 3.93. The van der Waals surface area contributed by atoms with E-state index in [0.717, 1.165) is 31.5 Å². The molecule has 0 aliphatic carbocycles. The molecule has 2 rings (SSSR count). The molecule has 0 radical (unpaired) electrons. The van der Waals surface area contributed by atoms with Crippen molar-refractivity contribution in [3.8, 4) is 0 Å². The number of carbonyl (C=O) groups excluding carboxylic acids is 1. The summed E-state index contributed by atoms with van der Waals surface area (Å²) in [6.07, 6.45) is 3.72. The first-order chi connectivity index (χ1) is 9.09. The number of anilines is 1. The van der Waals surface area contributed by atoms with Crippen LogP contribution in [0.1, 0.15) is 38.7 Å². The van der Waals surface area contributed by atoms with Crippen molar-refractivity contribution in [2.45, 2.75) is 45.6 Å². The number of nitrogens with two attached hydrogens (primary N) is 1. The molecule has 1 unspecified atom stereocenters. The standard InChI is InChI=1S/C16H24N2O/c1-12(2)14(17)11-16(19)18-10-6-5-8-13-7-3-4-9-15(13)18/h3-4,7,9,12,14H,5-6,8,10-11,17H2,1-2H3. The molecule has 1 aliphatic rings. The lowest BCUT2D eigenvalue weighted by molar-refractivity contribution is -0.119. The van der Waals surface area contributed by atoms with Crippen LogP contribution in [-0.4, -0.2) is 18.5 Å². The predicted molar refractivity (Wildman–Crippen MR) is 79.2 cm³/mol. The van der Waals surface area contributed by atoms with Gasteiger partial charge in [0, 0.05) is 24.7 Å². The molecule has 1 atom stereocenters. The largest absolute Gasteiger partial charge is 0.327 e. The Kier molecular flexibility index (Phi) is 4.59. The Labute approximate surface area is 115 Å². The first-order valence-electron chi connectivity index (χ1n) is 7.23. The molecule has 3 heteroatoms. The van der Waals surface area contributed by atoms with E-state index in [1.165, 1.54) is 5.56 Å². The first-order valence-corrected chi connectivity index (χ1v) is 7.23. The van der Waals surface area contributed by atoms with Crippen LogP contribution in [0.15, 0.2) is 24.3 Å². The van der Waals surface area contributed by atoms with Crippen LogP contribution in [0.4, 0.5) is 5.69 Å². The number of benzene rings is 1. The highest BCUT2D eigenvalue weighted by molar-refractivity contribution is 5.94. The highest BCUT2D eigenvalue weighted by atomic mass is 16.2. The van der Waals surface area contributed by atoms with Crippen molar-refractivity contribution < 1.29 is 4.79 Å². The summed E-state index contributed by atoms with van der Waals surface area (Å²) in [5.74, 6) is 0.502. The lowest BCUT2D eigenvalue weighted by atomic mass is 10.0. The number of fused-ring (bicyclic) bond motifs is 1. The molecule has 0 saturated heterocycles. The molecule has 0 bridgehead atoms. The number of carbonyl (C=O) groups is 1. The van der Waals surface area contributed by atoms with Gasteiger partial charge < -0.3 is 10.6 Å². The average molecular weight is 260 g/mol. The lowest BCUT2D eigenvalue weighted by Crippen LogP contribution is -2.38. The highest BCUT2D eigenvalue weighted by Gasteiger charge is 2.23. The minimum atomic E-state index is -0.0529. The fraction of sp³-hybridized carbons (Fsp3) is 0.562. The molecule has 1 aromatic rings. The molecule has 1 amide bonds. The quantitative estimate of drug-likeness (QED) is 0.908. The van der Waals surface area contributed by atoms with Gasteiger partial charge in [-0.1, -0.05) is 32.0 Å². The molecule has 1 aromatic carbocycles. The zero-order chi connectivity index (χ0) is 13.8. The molecular formula is C16H24N2O. The number of para-hydroxylation sites is 1. The van der Waals surface area contributed by atoms with Crippen LogP contribution in [0.3, 0.4) is 0 Å². The molecule has 3 nitrogen and oxygen atoms in total. The van der Waals surface area contributed by atoms with E-state index in [2.05, 4.69) is 26.0 Å². The summed E-state index contributed by atoms with van der Waals surface area (Å²) in [6.45, 7) is 4.95. The fourth-order valence-electron chi connectivity index (χ4n) is 2.50. The maximum absolute atomic E-state index is 12.5. The topological polar surface area (TPSA) is 46.3 Å². The Bertz CT molecular complexity index is 442. The van der Waals surface area contributed by atoms with Crippen LogP contribution in [0, 0.1) is 5.92 Å². The van der Waals surface area contributed by atoms with Crippen LogP contribution in [0.25, 0.3) is 0 Å². The molecule has 0 spiro atoms. The summed E-state index contributed by atoms with van der Waals surface area (Å²) in [7, 11) is 0. The molecular weight excluding hydrogens is 236 g/mol. The van der Waals surface area contributed by atoms with E-state index in [0.29, 0.717) is 12.3 Å².